The number of esters is 1. The highest BCUT2D eigenvalue weighted by atomic mass is 16.5. The van der Waals surface area contributed by atoms with Crippen molar-refractivity contribution >= 4 is 11.8 Å². The van der Waals surface area contributed by atoms with Crippen molar-refractivity contribution in [1.82, 2.24) is 0 Å². The van der Waals surface area contributed by atoms with E-state index >= 15 is 0 Å². The highest BCUT2D eigenvalue weighted by molar-refractivity contribution is 5.94. The molecule has 0 fully saturated rings. The number of Topliss-reactive ketones (excluding diaryl/α,β-unsaturated/α-hetero) is 1. The van der Waals surface area contributed by atoms with Crippen molar-refractivity contribution in [3.8, 4) is 11.5 Å². The van der Waals surface area contributed by atoms with Crippen LogP contribution in [0.2, 0.25) is 0 Å². The molecule has 0 amide bonds. The summed E-state index contributed by atoms with van der Waals surface area (Å²) in [6.07, 6.45) is -0.227. The van der Waals surface area contributed by atoms with E-state index in [0.717, 1.165) is 22.4 Å². The van der Waals surface area contributed by atoms with Crippen molar-refractivity contribution in [2.75, 3.05) is 7.11 Å². The van der Waals surface area contributed by atoms with Gasteiger partial charge in [0.1, 0.15) is 23.7 Å². The first-order valence-electron chi connectivity index (χ1n) is 9.44. The molecule has 0 spiro atoms. The number of carbonyl (C=O) groups excluding carboxylic acids is 2. The van der Waals surface area contributed by atoms with Crippen molar-refractivity contribution in [2.24, 2.45) is 0 Å². The lowest BCUT2D eigenvalue weighted by Crippen LogP contribution is -2.25. The topological polar surface area (TPSA) is 52.6 Å². The molecule has 0 bridgehead atoms. The van der Waals surface area contributed by atoms with Crippen molar-refractivity contribution in [1.29, 1.82) is 0 Å². The number of rotatable bonds is 7. The van der Waals surface area contributed by atoms with Gasteiger partial charge in [0.25, 0.3) is 0 Å². The molecule has 1 unspecified atom stereocenters. The van der Waals surface area contributed by atoms with E-state index in [1.807, 2.05) is 42.5 Å². The molecule has 3 aromatic rings. The van der Waals surface area contributed by atoms with Crippen LogP contribution in [0.4, 0.5) is 0 Å². The summed E-state index contributed by atoms with van der Waals surface area (Å²) >= 11 is 0. The van der Waals surface area contributed by atoms with E-state index in [9.17, 15) is 9.59 Å². The summed E-state index contributed by atoms with van der Waals surface area (Å²) in [5.41, 5.74) is 2.91. The van der Waals surface area contributed by atoms with Crippen LogP contribution >= 0.6 is 0 Å². The molecule has 0 aliphatic carbocycles. The number of hydrogen-bond donors (Lipinski definition) is 0. The SMILES string of the molecule is COc1ccc(C(C)(c2ccccc2)c2ccc(OC(=O)CC(C)=O)cc2)cc1. The Morgan fingerprint density at radius 2 is 1.24 bits per heavy atom. The largest absolute Gasteiger partial charge is 0.497 e. The Bertz CT molecular complexity index is 976. The minimum Gasteiger partial charge on any atom is -0.497 e. The molecule has 3 rings (SSSR count). The summed E-state index contributed by atoms with van der Waals surface area (Å²) in [7, 11) is 1.65. The molecule has 0 heterocycles. The Hall–Kier alpha value is -3.40. The maximum atomic E-state index is 11.8. The van der Waals surface area contributed by atoms with Gasteiger partial charge in [-0.2, -0.15) is 0 Å². The Labute approximate surface area is 171 Å². The van der Waals surface area contributed by atoms with Gasteiger partial charge in [-0.15, -0.1) is 0 Å². The van der Waals surface area contributed by atoms with Gasteiger partial charge in [0.15, 0.2) is 0 Å². The second-order valence-electron chi connectivity index (χ2n) is 7.10. The molecule has 0 radical (unpaired) electrons. The van der Waals surface area contributed by atoms with Crippen molar-refractivity contribution in [3.05, 3.63) is 95.6 Å². The summed E-state index contributed by atoms with van der Waals surface area (Å²) in [4.78, 5) is 22.8. The Morgan fingerprint density at radius 1 is 0.759 bits per heavy atom. The average molecular weight is 388 g/mol. The summed E-state index contributed by atoms with van der Waals surface area (Å²) in [5.74, 6) is 0.455. The number of ketones is 1. The first-order valence-corrected chi connectivity index (χ1v) is 9.44. The molecule has 0 N–H and O–H groups in total. The first-order chi connectivity index (χ1) is 13.9. The Kier molecular flexibility index (Phi) is 6.13. The van der Waals surface area contributed by atoms with Gasteiger partial charge in [-0.1, -0.05) is 54.6 Å². The van der Waals surface area contributed by atoms with Crippen LogP contribution in [0.5, 0.6) is 11.5 Å². The van der Waals surface area contributed by atoms with Gasteiger partial charge in [0.05, 0.1) is 7.11 Å². The summed E-state index contributed by atoms with van der Waals surface area (Å²) in [6.45, 7) is 3.53. The molecule has 0 aromatic heterocycles. The van der Waals surface area contributed by atoms with Crippen LogP contribution in [-0.4, -0.2) is 18.9 Å². The molecule has 0 aliphatic rings. The van der Waals surface area contributed by atoms with E-state index < -0.39 is 11.4 Å². The van der Waals surface area contributed by atoms with Crippen LogP contribution in [0.15, 0.2) is 78.9 Å². The monoisotopic (exact) mass is 388 g/mol. The molecule has 0 saturated heterocycles. The lowest BCUT2D eigenvalue weighted by Gasteiger charge is -2.32. The fourth-order valence-corrected chi connectivity index (χ4v) is 3.42. The zero-order chi connectivity index (χ0) is 20.9. The molecular formula is C25H24O4. The Balaban J connectivity index is 1.98. The van der Waals surface area contributed by atoms with E-state index in [4.69, 9.17) is 9.47 Å². The molecule has 0 saturated carbocycles. The molecule has 4 nitrogen and oxygen atoms in total. The Morgan fingerprint density at radius 3 is 1.72 bits per heavy atom. The predicted molar refractivity (Wildman–Crippen MR) is 112 cm³/mol. The fraction of sp³-hybridized carbons (Fsp3) is 0.200. The van der Waals surface area contributed by atoms with E-state index in [1.165, 1.54) is 6.92 Å². The van der Waals surface area contributed by atoms with E-state index in [1.54, 1.807) is 19.2 Å². The number of carbonyl (C=O) groups is 2. The first kappa shape index (κ1) is 20.3. The van der Waals surface area contributed by atoms with Gasteiger partial charge in [-0.3, -0.25) is 9.59 Å². The molecule has 29 heavy (non-hydrogen) atoms. The second kappa shape index (κ2) is 8.74. The lowest BCUT2D eigenvalue weighted by molar-refractivity contribution is -0.137. The molecular weight excluding hydrogens is 364 g/mol. The molecule has 1 atom stereocenters. The quantitative estimate of drug-likeness (QED) is 0.249. The second-order valence-corrected chi connectivity index (χ2v) is 7.10. The maximum absolute atomic E-state index is 11.8. The minimum absolute atomic E-state index is 0.220. The fourth-order valence-electron chi connectivity index (χ4n) is 3.42. The third-order valence-corrected chi connectivity index (χ3v) is 5.08. The van der Waals surface area contributed by atoms with Gasteiger partial charge in [0, 0.05) is 5.41 Å². The van der Waals surface area contributed by atoms with E-state index in [-0.39, 0.29) is 12.2 Å². The van der Waals surface area contributed by atoms with Crippen LogP contribution in [0.1, 0.15) is 37.0 Å². The molecule has 4 heteroatoms. The minimum atomic E-state index is -0.550. The molecule has 3 aromatic carbocycles. The third kappa shape index (κ3) is 4.54. The van der Waals surface area contributed by atoms with Crippen molar-refractivity contribution < 1.29 is 19.1 Å². The lowest BCUT2D eigenvalue weighted by atomic mass is 9.71. The number of benzene rings is 3. The summed E-state index contributed by atoms with van der Waals surface area (Å²) in [6, 6.07) is 25.7. The van der Waals surface area contributed by atoms with Crippen LogP contribution in [0, 0.1) is 0 Å². The van der Waals surface area contributed by atoms with Crippen LogP contribution in [0.25, 0.3) is 0 Å². The number of methoxy groups -OCH3 is 1. The van der Waals surface area contributed by atoms with E-state index in [2.05, 4.69) is 31.2 Å². The van der Waals surface area contributed by atoms with Crippen molar-refractivity contribution in [2.45, 2.75) is 25.7 Å². The van der Waals surface area contributed by atoms with Gasteiger partial charge < -0.3 is 9.47 Å². The normalized spacial score (nSPS) is 12.7. The van der Waals surface area contributed by atoms with Crippen molar-refractivity contribution in [3.63, 3.8) is 0 Å². The summed E-state index contributed by atoms with van der Waals surface area (Å²) < 4.78 is 10.6. The van der Waals surface area contributed by atoms with Gasteiger partial charge in [-0.25, -0.2) is 0 Å². The zero-order valence-electron chi connectivity index (χ0n) is 16.8. The highest BCUT2D eigenvalue weighted by Crippen LogP contribution is 2.39. The van der Waals surface area contributed by atoms with Crippen LogP contribution in [0.3, 0.4) is 0 Å². The van der Waals surface area contributed by atoms with Crippen LogP contribution < -0.4 is 9.47 Å². The number of hydrogen-bond acceptors (Lipinski definition) is 4. The number of ether oxygens (including phenoxy) is 2. The maximum Gasteiger partial charge on any atom is 0.318 e. The van der Waals surface area contributed by atoms with Gasteiger partial charge in [0.2, 0.25) is 0 Å². The van der Waals surface area contributed by atoms with Gasteiger partial charge >= 0.3 is 5.97 Å². The molecule has 0 aliphatic heterocycles. The zero-order valence-corrected chi connectivity index (χ0v) is 16.8. The third-order valence-electron chi connectivity index (χ3n) is 5.08. The highest BCUT2D eigenvalue weighted by Gasteiger charge is 2.31. The van der Waals surface area contributed by atoms with Crippen LogP contribution in [-0.2, 0) is 15.0 Å². The summed E-state index contributed by atoms with van der Waals surface area (Å²) in [5, 5.41) is 0. The predicted octanol–water partition coefficient (Wildman–Crippen LogP) is 4.93. The average Bonchev–Trinajstić information content (AvgIpc) is 2.74. The standard InChI is InChI=1S/C25H24O4/c1-18(26)17-24(27)29-23-15-11-21(12-16-23)25(2,19-7-5-4-6-8-19)20-9-13-22(28-3)14-10-20/h4-16H,17H2,1-3H3. The van der Waals surface area contributed by atoms with Gasteiger partial charge in [-0.05, 0) is 54.8 Å². The molecule has 148 valence electrons. The van der Waals surface area contributed by atoms with E-state index in [0.29, 0.717) is 5.75 Å². The smallest absolute Gasteiger partial charge is 0.318 e.